The Labute approximate surface area is 159 Å². The summed E-state index contributed by atoms with van der Waals surface area (Å²) >= 11 is 2.82. The van der Waals surface area contributed by atoms with E-state index in [1.54, 1.807) is 29.5 Å². The molecule has 0 bridgehead atoms. The van der Waals surface area contributed by atoms with Crippen LogP contribution in [0.1, 0.15) is 4.88 Å². The average Bonchev–Trinajstić information content (AvgIpc) is 3.17. The average molecular weight is 387 g/mol. The number of thioether (sulfide) groups is 1. The third-order valence-corrected chi connectivity index (χ3v) is 5.25. The number of amides is 1. The zero-order chi connectivity index (χ0) is 18.4. The van der Waals surface area contributed by atoms with Crippen molar-refractivity contribution in [1.29, 1.82) is 0 Å². The van der Waals surface area contributed by atoms with E-state index in [0.717, 1.165) is 15.9 Å². The molecule has 0 saturated carbocycles. The number of nitrogens with zero attached hydrogens (tertiary/aromatic N) is 3. The summed E-state index contributed by atoms with van der Waals surface area (Å²) in [6, 6.07) is 11.4. The highest BCUT2D eigenvalue weighted by Crippen LogP contribution is 2.18. The fraction of sp³-hybridized carbons (Fsp3) is 0.222. The minimum atomic E-state index is -0.456. The molecule has 0 unspecified atom stereocenters. The standard InChI is InChI=1S/C18H17N3O3S2/c1-21(10-13-5-4-8-25-13)17(22)11-24-18(23)12-26-16-9-19-14-6-2-3-7-15(14)20-16/h2-9H,10-12H2,1H3. The Bertz CT molecular complexity index is 900. The lowest BCUT2D eigenvalue weighted by Gasteiger charge is -2.16. The van der Waals surface area contributed by atoms with Crippen molar-refractivity contribution in [3.63, 3.8) is 0 Å². The number of carbonyl (C=O) groups excluding carboxylic acids is 2. The second-order valence-electron chi connectivity index (χ2n) is 5.48. The quantitative estimate of drug-likeness (QED) is 0.458. The zero-order valence-electron chi connectivity index (χ0n) is 14.1. The Morgan fingerprint density at radius 1 is 1.19 bits per heavy atom. The van der Waals surface area contributed by atoms with Gasteiger partial charge in [0, 0.05) is 11.9 Å². The van der Waals surface area contributed by atoms with Crippen molar-refractivity contribution in [2.45, 2.75) is 11.6 Å². The molecule has 2 heterocycles. The molecule has 1 aromatic carbocycles. The van der Waals surface area contributed by atoms with Crippen LogP contribution in [-0.4, -0.2) is 46.2 Å². The third-order valence-electron chi connectivity index (χ3n) is 3.52. The lowest BCUT2D eigenvalue weighted by atomic mass is 10.3. The number of carbonyl (C=O) groups is 2. The Morgan fingerprint density at radius 2 is 2.00 bits per heavy atom. The van der Waals surface area contributed by atoms with Crippen molar-refractivity contribution in [2.24, 2.45) is 0 Å². The molecule has 0 fully saturated rings. The van der Waals surface area contributed by atoms with Crippen LogP contribution in [0.5, 0.6) is 0 Å². The second-order valence-corrected chi connectivity index (χ2v) is 7.50. The van der Waals surface area contributed by atoms with Gasteiger partial charge in [-0.3, -0.25) is 14.6 Å². The number of hydrogen-bond donors (Lipinski definition) is 0. The lowest BCUT2D eigenvalue weighted by Crippen LogP contribution is -2.30. The van der Waals surface area contributed by atoms with Gasteiger partial charge in [-0.2, -0.15) is 0 Å². The molecule has 26 heavy (non-hydrogen) atoms. The molecular weight excluding hydrogens is 370 g/mol. The predicted molar refractivity (Wildman–Crippen MR) is 102 cm³/mol. The van der Waals surface area contributed by atoms with Gasteiger partial charge in [0.2, 0.25) is 0 Å². The van der Waals surface area contributed by atoms with E-state index in [0.29, 0.717) is 11.6 Å². The molecular formula is C18H17N3O3S2. The largest absolute Gasteiger partial charge is 0.455 e. The molecule has 134 valence electrons. The number of esters is 1. The molecule has 0 radical (unpaired) electrons. The Kier molecular flexibility index (Phi) is 6.19. The van der Waals surface area contributed by atoms with Crippen LogP contribution in [0.4, 0.5) is 0 Å². The Morgan fingerprint density at radius 3 is 2.77 bits per heavy atom. The minimum Gasteiger partial charge on any atom is -0.455 e. The van der Waals surface area contributed by atoms with Crippen molar-refractivity contribution in [2.75, 3.05) is 19.4 Å². The van der Waals surface area contributed by atoms with Crippen molar-refractivity contribution in [1.82, 2.24) is 14.9 Å². The zero-order valence-corrected chi connectivity index (χ0v) is 15.8. The van der Waals surface area contributed by atoms with Crippen LogP contribution in [0.15, 0.2) is 53.0 Å². The summed E-state index contributed by atoms with van der Waals surface area (Å²) in [7, 11) is 1.69. The highest BCUT2D eigenvalue weighted by molar-refractivity contribution is 7.99. The van der Waals surface area contributed by atoms with E-state index in [1.807, 2.05) is 41.8 Å². The molecule has 8 heteroatoms. The topological polar surface area (TPSA) is 72.4 Å². The summed E-state index contributed by atoms with van der Waals surface area (Å²) in [5.74, 6) is -0.611. The molecule has 2 aromatic heterocycles. The van der Waals surface area contributed by atoms with Gasteiger partial charge in [-0.05, 0) is 23.6 Å². The minimum absolute atomic E-state index is 0.0783. The molecule has 0 aliphatic carbocycles. The number of hydrogen-bond acceptors (Lipinski definition) is 7. The summed E-state index contributed by atoms with van der Waals surface area (Å²) in [4.78, 5) is 35.2. The number of fused-ring (bicyclic) bond motifs is 1. The van der Waals surface area contributed by atoms with Gasteiger partial charge in [0.25, 0.3) is 5.91 Å². The summed E-state index contributed by atoms with van der Waals surface area (Å²) in [6.07, 6.45) is 1.63. The normalized spacial score (nSPS) is 10.7. The number of ether oxygens (including phenoxy) is 1. The molecule has 0 N–H and O–H groups in total. The first-order chi connectivity index (χ1) is 12.6. The van der Waals surface area contributed by atoms with E-state index in [9.17, 15) is 9.59 Å². The first kappa shape index (κ1) is 18.3. The molecule has 0 aliphatic heterocycles. The van der Waals surface area contributed by atoms with Crippen LogP contribution in [0.3, 0.4) is 0 Å². The maximum Gasteiger partial charge on any atom is 0.316 e. The van der Waals surface area contributed by atoms with Gasteiger partial charge >= 0.3 is 5.97 Å². The van der Waals surface area contributed by atoms with Gasteiger partial charge < -0.3 is 9.64 Å². The van der Waals surface area contributed by atoms with Crippen LogP contribution in [0.2, 0.25) is 0 Å². The van der Waals surface area contributed by atoms with Crippen LogP contribution < -0.4 is 0 Å². The fourth-order valence-electron chi connectivity index (χ4n) is 2.16. The number of aromatic nitrogens is 2. The van der Waals surface area contributed by atoms with E-state index in [1.165, 1.54) is 11.8 Å². The highest BCUT2D eigenvalue weighted by Gasteiger charge is 2.13. The van der Waals surface area contributed by atoms with Crippen molar-refractivity contribution < 1.29 is 14.3 Å². The van der Waals surface area contributed by atoms with Gasteiger partial charge in [0.15, 0.2) is 6.61 Å². The number of thiophene rings is 1. The summed E-state index contributed by atoms with van der Waals surface area (Å²) < 4.78 is 5.06. The van der Waals surface area contributed by atoms with E-state index in [-0.39, 0.29) is 18.3 Å². The van der Waals surface area contributed by atoms with Crippen molar-refractivity contribution in [3.8, 4) is 0 Å². The Hall–Kier alpha value is -2.45. The maximum atomic E-state index is 12.0. The van der Waals surface area contributed by atoms with Crippen LogP contribution in [0.25, 0.3) is 11.0 Å². The number of benzene rings is 1. The molecule has 0 spiro atoms. The van der Waals surface area contributed by atoms with Crippen molar-refractivity contribution >= 4 is 46.0 Å². The smallest absolute Gasteiger partial charge is 0.316 e. The van der Waals surface area contributed by atoms with Gasteiger partial charge in [0.05, 0.1) is 29.5 Å². The number of likely N-dealkylation sites (N-methyl/N-ethyl adjacent to an activating group) is 1. The molecule has 6 nitrogen and oxygen atoms in total. The highest BCUT2D eigenvalue weighted by atomic mass is 32.2. The number of rotatable bonds is 7. The lowest BCUT2D eigenvalue weighted by molar-refractivity contribution is -0.149. The molecule has 0 atom stereocenters. The second kappa shape index (κ2) is 8.77. The van der Waals surface area contributed by atoms with Gasteiger partial charge in [0.1, 0.15) is 5.03 Å². The SMILES string of the molecule is CN(Cc1cccs1)C(=O)COC(=O)CSc1cnc2ccccc2n1. The van der Waals surface area contributed by atoms with Crippen LogP contribution >= 0.6 is 23.1 Å². The first-order valence-electron chi connectivity index (χ1n) is 7.88. The van der Waals surface area contributed by atoms with E-state index in [2.05, 4.69) is 9.97 Å². The maximum absolute atomic E-state index is 12.0. The number of para-hydroxylation sites is 2. The fourth-order valence-corrected chi connectivity index (χ4v) is 3.56. The summed E-state index contributed by atoms with van der Waals surface area (Å²) in [5, 5.41) is 2.60. The van der Waals surface area contributed by atoms with Crippen LogP contribution in [0, 0.1) is 0 Å². The molecule has 3 aromatic rings. The molecule has 0 saturated heterocycles. The van der Waals surface area contributed by atoms with E-state index in [4.69, 9.17) is 4.74 Å². The third kappa shape index (κ3) is 5.03. The van der Waals surface area contributed by atoms with Gasteiger partial charge in [-0.1, -0.05) is 30.0 Å². The Balaban J connectivity index is 1.43. The van der Waals surface area contributed by atoms with Crippen molar-refractivity contribution in [3.05, 3.63) is 52.9 Å². The summed E-state index contributed by atoms with van der Waals surface area (Å²) in [6.45, 7) is 0.250. The van der Waals surface area contributed by atoms with Crippen LogP contribution in [-0.2, 0) is 20.9 Å². The van der Waals surface area contributed by atoms with Gasteiger partial charge in [-0.15, -0.1) is 11.3 Å². The molecule has 3 rings (SSSR count). The summed E-state index contributed by atoms with van der Waals surface area (Å²) in [5.41, 5.74) is 1.58. The predicted octanol–water partition coefficient (Wildman–Crippen LogP) is 2.99. The molecule has 0 aliphatic rings. The first-order valence-corrected chi connectivity index (χ1v) is 9.75. The van der Waals surface area contributed by atoms with Gasteiger partial charge in [-0.25, -0.2) is 4.98 Å². The van der Waals surface area contributed by atoms with E-state index < -0.39 is 5.97 Å². The molecule has 1 amide bonds. The van der Waals surface area contributed by atoms with E-state index >= 15 is 0 Å². The monoisotopic (exact) mass is 387 g/mol.